The number of amides is 1. The molecule has 140 valence electrons. The molecule has 1 aliphatic heterocycles. The highest BCUT2D eigenvalue weighted by Crippen LogP contribution is 2.37. The molecule has 0 aromatic heterocycles. The third kappa shape index (κ3) is 3.68. The van der Waals surface area contributed by atoms with Crippen LogP contribution in [0.5, 0.6) is 11.5 Å². The van der Waals surface area contributed by atoms with Crippen molar-refractivity contribution in [2.45, 2.75) is 6.18 Å². The van der Waals surface area contributed by atoms with Gasteiger partial charge in [-0.2, -0.15) is 23.3 Å². The predicted molar refractivity (Wildman–Crippen MR) is 97.8 cm³/mol. The van der Waals surface area contributed by atoms with Crippen LogP contribution in [0.1, 0.15) is 5.56 Å². The maximum absolute atomic E-state index is 13.5. The summed E-state index contributed by atoms with van der Waals surface area (Å²) in [4.78, 5) is 12.6. The van der Waals surface area contributed by atoms with Crippen molar-refractivity contribution in [3.05, 3.63) is 58.1 Å². The minimum atomic E-state index is -4.85. The maximum atomic E-state index is 13.5. The second kappa shape index (κ2) is 7.07. The second-order valence-corrected chi connectivity index (χ2v) is 6.42. The molecular weight excluding hydrogens is 429 g/mol. The molecule has 0 saturated heterocycles. The lowest BCUT2D eigenvalue weighted by molar-refractivity contribution is -0.114. The Morgan fingerprint density at radius 2 is 1.89 bits per heavy atom. The van der Waals surface area contributed by atoms with Crippen molar-refractivity contribution in [3.63, 3.8) is 0 Å². The first-order chi connectivity index (χ1) is 12.7. The Hall–Kier alpha value is -2.81. The molecule has 27 heavy (non-hydrogen) atoms. The molecule has 0 aliphatic carbocycles. The van der Waals surface area contributed by atoms with Gasteiger partial charge in [0.25, 0.3) is 5.91 Å². The minimum Gasteiger partial charge on any atom is -0.504 e. The number of alkyl halides is 3. The van der Waals surface area contributed by atoms with E-state index in [1.165, 1.54) is 31.4 Å². The number of hydrogen-bond acceptors (Lipinski definition) is 4. The van der Waals surface area contributed by atoms with Crippen LogP contribution in [-0.4, -0.2) is 30.0 Å². The standard InChI is InChI=1S/C18H12BrF3N2O3/c1-27-14-9-11(19)7-10(15(14)25)8-13-16(18(20,21)22)23-24(17(13)26)12-5-3-2-4-6-12/h2-9,25H,1H3/b13-8-. The van der Waals surface area contributed by atoms with Crippen LogP contribution < -0.4 is 9.75 Å². The number of carbonyl (C=O) groups excluding carboxylic acids is 1. The van der Waals surface area contributed by atoms with E-state index in [2.05, 4.69) is 21.0 Å². The molecule has 0 unspecified atom stereocenters. The number of phenolic OH excluding ortho intramolecular Hbond substituents is 1. The van der Waals surface area contributed by atoms with Gasteiger partial charge >= 0.3 is 6.18 Å². The lowest BCUT2D eigenvalue weighted by Crippen LogP contribution is -2.25. The van der Waals surface area contributed by atoms with Gasteiger partial charge in [-0.15, -0.1) is 0 Å². The summed E-state index contributed by atoms with van der Waals surface area (Å²) in [7, 11) is 1.30. The Morgan fingerprint density at radius 1 is 1.22 bits per heavy atom. The lowest BCUT2D eigenvalue weighted by atomic mass is 10.0. The zero-order valence-corrected chi connectivity index (χ0v) is 15.4. The van der Waals surface area contributed by atoms with Gasteiger partial charge in [-0.05, 0) is 30.3 Å². The molecule has 1 N–H and O–H groups in total. The summed E-state index contributed by atoms with van der Waals surface area (Å²) in [6.07, 6.45) is -3.91. The van der Waals surface area contributed by atoms with E-state index in [1.807, 2.05) is 0 Å². The van der Waals surface area contributed by atoms with Gasteiger partial charge in [0.2, 0.25) is 0 Å². The number of benzene rings is 2. The van der Waals surface area contributed by atoms with E-state index in [0.29, 0.717) is 9.48 Å². The number of anilines is 1. The zero-order valence-electron chi connectivity index (χ0n) is 13.8. The van der Waals surface area contributed by atoms with Crippen LogP contribution in [0.25, 0.3) is 6.08 Å². The number of ether oxygens (including phenoxy) is 1. The zero-order chi connectivity index (χ0) is 19.8. The van der Waals surface area contributed by atoms with E-state index < -0.39 is 23.4 Å². The summed E-state index contributed by atoms with van der Waals surface area (Å²) < 4.78 is 45.8. The van der Waals surface area contributed by atoms with Crippen LogP contribution in [0.3, 0.4) is 0 Å². The molecule has 0 radical (unpaired) electrons. The Bertz CT molecular complexity index is 956. The smallest absolute Gasteiger partial charge is 0.435 e. The van der Waals surface area contributed by atoms with E-state index in [1.54, 1.807) is 18.2 Å². The van der Waals surface area contributed by atoms with E-state index in [0.717, 1.165) is 6.08 Å². The molecule has 3 rings (SSSR count). The fraction of sp³-hybridized carbons (Fsp3) is 0.111. The minimum absolute atomic E-state index is 0.0172. The van der Waals surface area contributed by atoms with Crippen LogP contribution in [0, 0.1) is 0 Å². The topological polar surface area (TPSA) is 62.1 Å². The molecular formula is C18H12BrF3N2O3. The maximum Gasteiger partial charge on any atom is 0.435 e. The molecule has 1 heterocycles. The number of rotatable bonds is 3. The number of hydrazone groups is 1. The largest absolute Gasteiger partial charge is 0.504 e. The first-order valence-electron chi connectivity index (χ1n) is 7.56. The van der Waals surface area contributed by atoms with E-state index in [4.69, 9.17) is 4.74 Å². The second-order valence-electron chi connectivity index (χ2n) is 5.50. The van der Waals surface area contributed by atoms with Crippen LogP contribution in [-0.2, 0) is 4.79 Å². The normalized spacial score (nSPS) is 16.0. The van der Waals surface area contributed by atoms with Crippen LogP contribution >= 0.6 is 15.9 Å². The van der Waals surface area contributed by atoms with Crippen molar-refractivity contribution in [1.82, 2.24) is 0 Å². The molecule has 2 aromatic carbocycles. The summed E-state index contributed by atoms with van der Waals surface area (Å²) in [5.41, 5.74) is -1.84. The van der Waals surface area contributed by atoms with Gasteiger partial charge in [-0.25, -0.2) is 0 Å². The van der Waals surface area contributed by atoms with Crippen molar-refractivity contribution >= 4 is 39.3 Å². The van der Waals surface area contributed by atoms with Gasteiger partial charge in [0.1, 0.15) is 0 Å². The number of hydrogen-bond donors (Lipinski definition) is 1. The number of aromatic hydroxyl groups is 1. The molecule has 0 saturated carbocycles. The van der Waals surface area contributed by atoms with Gasteiger partial charge in [-0.1, -0.05) is 34.1 Å². The summed E-state index contributed by atoms with van der Waals surface area (Å²) in [6.45, 7) is 0. The molecule has 0 atom stereocenters. The van der Waals surface area contributed by atoms with Crippen molar-refractivity contribution in [2.24, 2.45) is 5.10 Å². The monoisotopic (exact) mass is 440 g/mol. The first kappa shape index (κ1) is 19.0. The lowest BCUT2D eigenvalue weighted by Gasteiger charge is -2.11. The quantitative estimate of drug-likeness (QED) is 0.714. The molecule has 1 amide bonds. The summed E-state index contributed by atoms with van der Waals surface area (Å²) in [5.74, 6) is -1.29. The molecule has 1 aliphatic rings. The summed E-state index contributed by atoms with van der Waals surface area (Å²) >= 11 is 3.19. The third-order valence-electron chi connectivity index (χ3n) is 3.74. The third-order valence-corrected chi connectivity index (χ3v) is 4.19. The number of nitrogens with zero attached hydrogens (tertiary/aromatic N) is 2. The molecule has 5 nitrogen and oxygen atoms in total. The molecule has 0 fully saturated rings. The van der Waals surface area contributed by atoms with Crippen LogP contribution in [0.4, 0.5) is 18.9 Å². The molecule has 0 bridgehead atoms. The fourth-order valence-corrected chi connectivity index (χ4v) is 2.97. The Labute approximate surface area is 160 Å². The van der Waals surface area contributed by atoms with Gasteiger partial charge in [0.05, 0.1) is 18.4 Å². The molecule has 9 heteroatoms. The molecule has 0 spiro atoms. The predicted octanol–water partition coefficient (Wildman–Crippen LogP) is 4.51. The fourth-order valence-electron chi connectivity index (χ4n) is 2.51. The highest BCUT2D eigenvalue weighted by molar-refractivity contribution is 9.10. The highest BCUT2D eigenvalue weighted by Gasteiger charge is 2.46. The number of para-hydroxylation sites is 1. The Kier molecular flexibility index (Phi) is 4.97. The van der Waals surface area contributed by atoms with Gasteiger partial charge in [0.15, 0.2) is 17.2 Å². The number of phenols is 1. The van der Waals surface area contributed by atoms with Crippen molar-refractivity contribution in [1.29, 1.82) is 0 Å². The number of halogens is 4. The van der Waals surface area contributed by atoms with E-state index >= 15 is 0 Å². The van der Waals surface area contributed by atoms with Gasteiger partial charge in [-0.3, -0.25) is 4.79 Å². The van der Waals surface area contributed by atoms with Crippen molar-refractivity contribution in [2.75, 3.05) is 12.1 Å². The van der Waals surface area contributed by atoms with Crippen LogP contribution in [0.2, 0.25) is 0 Å². The Balaban J connectivity index is 2.14. The average molecular weight is 441 g/mol. The van der Waals surface area contributed by atoms with Gasteiger partial charge < -0.3 is 9.84 Å². The van der Waals surface area contributed by atoms with E-state index in [-0.39, 0.29) is 22.7 Å². The first-order valence-corrected chi connectivity index (χ1v) is 8.35. The van der Waals surface area contributed by atoms with Crippen molar-refractivity contribution in [3.8, 4) is 11.5 Å². The molecule has 2 aromatic rings. The average Bonchev–Trinajstić information content (AvgIpc) is 2.95. The van der Waals surface area contributed by atoms with Crippen molar-refractivity contribution < 1.29 is 27.8 Å². The highest BCUT2D eigenvalue weighted by atomic mass is 79.9. The van der Waals surface area contributed by atoms with Crippen LogP contribution in [0.15, 0.2) is 57.6 Å². The Morgan fingerprint density at radius 3 is 2.48 bits per heavy atom. The SMILES string of the molecule is COc1cc(Br)cc(/C=C2\C(=O)N(c3ccccc3)N=C2C(F)(F)F)c1O. The van der Waals surface area contributed by atoms with Gasteiger partial charge in [0, 0.05) is 10.0 Å². The number of carbonyl (C=O) groups is 1. The summed E-state index contributed by atoms with van der Waals surface area (Å²) in [6, 6.07) is 10.6. The summed E-state index contributed by atoms with van der Waals surface area (Å²) in [5, 5.41) is 14.3. The van der Waals surface area contributed by atoms with E-state index in [9.17, 15) is 23.1 Å². The number of methoxy groups -OCH3 is 1.